The van der Waals surface area contributed by atoms with Gasteiger partial charge in [-0.1, -0.05) is 38.0 Å². The molecule has 0 aliphatic carbocycles. The average Bonchev–Trinajstić information content (AvgIpc) is 2.61. The lowest BCUT2D eigenvalue weighted by atomic mass is 10.1. The molecule has 0 bridgehead atoms. The van der Waals surface area contributed by atoms with Crippen LogP contribution in [0.25, 0.3) is 0 Å². The highest BCUT2D eigenvalue weighted by Gasteiger charge is 2.17. The van der Waals surface area contributed by atoms with Gasteiger partial charge in [0.05, 0.1) is 0 Å². The van der Waals surface area contributed by atoms with Crippen molar-refractivity contribution in [2.75, 3.05) is 52.4 Å². The summed E-state index contributed by atoms with van der Waals surface area (Å²) in [5.74, 6) is 4.04. The van der Waals surface area contributed by atoms with E-state index in [1.807, 2.05) is 18.2 Å². The molecule has 1 aliphatic rings. The van der Waals surface area contributed by atoms with Crippen LogP contribution in [0.3, 0.4) is 0 Å². The first-order valence-corrected chi connectivity index (χ1v) is 9.02. The number of terminal acetylenes is 1. The predicted molar refractivity (Wildman–Crippen MR) is 100 cm³/mol. The van der Waals surface area contributed by atoms with Crippen LogP contribution in [0, 0.1) is 18.3 Å². The molecule has 4 nitrogen and oxygen atoms in total. The highest BCUT2D eigenvalue weighted by atomic mass is 16.5. The molecule has 1 heterocycles. The minimum atomic E-state index is 0.317. The zero-order valence-corrected chi connectivity index (χ0v) is 15.1. The van der Waals surface area contributed by atoms with Crippen molar-refractivity contribution >= 4 is 0 Å². The summed E-state index contributed by atoms with van der Waals surface area (Å²) >= 11 is 0. The molecule has 1 aliphatic heterocycles. The summed E-state index contributed by atoms with van der Waals surface area (Å²) in [6.07, 6.45) is 5.27. The van der Waals surface area contributed by atoms with Gasteiger partial charge in [0.15, 0.2) is 0 Å². The number of ether oxygens (including phenoxy) is 1. The molecule has 1 aromatic rings. The molecule has 132 valence electrons. The summed E-state index contributed by atoms with van der Waals surface area (Å²) in [5.41, 5.74) is 1.16. The van der Waals surface area contributed by atoms with Gasteiger partial charge in [-0.25, -0.2) is 0 Å². The van der Waals surface area contributed by atoms with Gasteiger partial charge in [-0.3, -0.25) is 0 Å². The summed E-state index contributed by atoms with van der Waals surface area (Å²) in [7, 11) is 0. The molecule has 1 N–H and O–H groups in total. The van der Waals surface area contributed by atoms with E-state index in [1.54, 1.807) is 0 Å². The molecule has 1 fully saturated rings. The van der Waals surface area contributed by atoms with Crippen LogP contribution in [-0.2, 0) is 6.54 Å². The van der Waals surface area contributed by atoms with Crippen molar-refractivity contribution in [2.45, 2.75) is 20.4 Å². The Kier molecular flexibility index (Phi) is 8.11. The van der Waals surface area contributed by atoms with Crippen LogP contribution in [0.15, 0.2) is 24.3 Å². The van der Waals surface area contributed by atoms with Crippen molar-refractivity contribution in [2.24, 2.45) is 5.92 Å². The lowest BCUT2D eigenvalue weighted by Gasteiger charge is -2.35. The van der Waals surface area contributed by atoms with Crippen LogP contribution >= 0.6 is 0 Å². The number of rotatable bonds is 9. The molecule has 0 spiro atoms. The largest absolute Gasteiger partial charge is 0.481 e. The van der Waals surface area contributed by atoms with Gasteiger partial charge in [0.1, 0.15) is 12.4 Å². The molecule has 2 rings (SSSR count). The quantitative estimate of drug-likeness (QED) is 0.702. The average molecular weight is 329 g/mol. The van der Waals surface area contributed by atoms with Crippen molar-refractivity contribution in [1.29, 1.82) is 0 Å². The Bertz CT molecular complexity index is 518. The monoisotopic (exact) mass is 329 g/mol. The molecule has 1 atom stereocenters. The van der Waals surface area contributed by atoms with Gasteiger partial charge in [-0.15, -0.1) is 6.42 Å². The van der Waals surface area contributed by atoms with E-state index in [0.717, 1.165) is 24.4 Å². The third-order valence-electron chi connectivity index (χ3n) is 4.57. The molecule has 0 saturated carbocycles. The number of nitrogens with one attached hydrogen (secondary N) is 1. The molecule has 0 amide bonds. The Morgan fingerprint density at radius 2 is 1.92 bits per heavy atom. The number of benzene rings is 1. The number of para-hydroxylation sites is 1. The lowest BCUT2D eigenvalue weighted by Crippen LogP contribution is -2.48. The SMILES string of the molecule is C#CCOc1ccccc1CNCC(C)CN1CCN(CC)CC1. The first-order chi connectivity index (χ1) is 11.7. The van der Waals surface area contributed by atoms with Gasteiger partial charge in [0.2, 0.25) is 0 Å². The van der Waals surface area contributed by atoms with E-state index in [4.69, 9.17) is 11.2 Å². The van der Waals surface area contributed by atoms with E-state index >= 15 is 0 Å². The maximum absolute atomic E-state index is 5.60. The minimum Gasteiger partial charge on any atom is -0.481 e. The second-order valence-electron chi connectivity index (χ2n) is 6.57. The molecule has 1 unspecified atom stereocenters. The normalized spacial score (nSPS) is 17.4. The fourth-order valence-electron chi connectivity index (χ4n) is 3.16. The smallest absolute Gasteiger partial charge is 0.148 e. The molecule has 1 aromatic carbocycles. The summed E-state index contributed by atoms with van der Waals surface area (Å²) in [4.78, 5) is 5.11. The van der Waals surface area contributed by atoms with Gasteiger partial charge in [-0.2, -0.15) is 0 Å². The van der Waals surface area contributed by atoms with E-state index in [2.05, 4.69) is 41.0 Å². The fourth-order valence-corrected chi connectivity index (χ4v) is 3.16. The van der Waals surface area contributed by atoms with Crippen LogP contribution < -0.4 is 10.1 Å². The highest BCUT2D eigenvalue weighted by Crippen LogP contribution is 2.17. The summed E-state index contributed by atoms with van der Waals surface area (Å²) in [5, 5.41) is 3.56. The van der Waals surface area contributed by atoms with Gasteiger partial charge in [0, 0.05) is 44.8 Å². The zero-order chi connectivity index (χ0) is 17.2. The van der Waals surface area contributed by atoms with Gasteiger partial charge in [0.25, 0.3) is 0 Å². The van der Waals surface area contributed by atoms with E-state index in [1.165, 1.54) is 39.3 Å². The zero-order valence-electron chi connectivity index (χ0n) is 15.1. The fraction of sp³-hybridized carbons (Fsp3) is 0.600. The molecular weight excluding hydrogens is 298 g/mol. The summed E-state index contributed by atoms with van der Waals surface area (Å²) < 4.78 is 5.60. The third kappa shape index (κ3) is 6.16. The number of hydrogen-bond acceptors (Lipinski definition) is 4. The number of likely N-dealkylation sites (N-methyl/N-ethyl adjacent to an activating group) is 1. The lowest BCUT2D eigenvalue weighted by molar-refractivity contribution is 0.124. The third-order valence-corrected chi connectivity index (χ3v) is 4.57. The van der Waals surface area contributed by atoms with Crippen molar-refractivity contribution in [1.82, 2.24) is 15.1 Å². The number of piperazine rings is 1. The van der Waals surface area contributed by atoms with Crippen LogP contribution in [0.1, 0.15) is 19.4 Å². The van der Waals surface area contributed by atoms with E-state index < -0.39 is 0 Å². The molecule has 1 saturated heterocycles. The minimum absolute atomic E-state index is 0.317. The highest BCUT2D eigenvalue weighted by molar-refractivity contribution is 5.33. The molecule has 24 heavy (non-hydrogen) atoms. The van der Waals surface area contributed by atoms with E-state index in [0.29, 0.717) is 12.5 Å². The topological polar surface area (TPSA) is 27.7 Å². The van der Waals surface area contributed by atoms with E-state index in [9.17, 15) is 0 Å². The standard InChI is InChI=1S/C20H31N3O/c1-4-14-24-20-9-7-6-8-19(20)16-21-15-18(3)17-23-12-10-22(5-2)11-13-23/h1,6-9,18,21H,5,10-17H2,2-3H3. The molecular formula is C20H31N3O. The Morgan fingerprint density at radius 3 is 2.62 bits per heavy atom. The van der Waals surface area contributed by atoms with Crippen LogP contribution in [0.5, 0.6) is 5.75 Å². The molecule has 4 heteroatoms. The Morgan fingerprint density at radius 1 is 1.21 bits per heavy atom. The molecule has 0 aromatic heterocycles. The summed E-state index contributed by atoms with van der Waals surface area (Å²) in [6.45, 7) is 13.8. The van der Waals surface area contributed by atoms with Gasteiger partial charge >= 0.3 is 0 Å². The second-order valence-corrected chi connectivity index (χ2v) is 6.57. The maximum atomic E-state index is 5.60. The Hall–Kier alpha value is -1.54. The Labute approximate surface area is 147 Å². The predicted octanol–water partition coefficient (Wildman–Crippen LogP) is 2.06. The van der Waals surface area contributed by atoms with Crippen molar-refractivity contribution in [3.8, 4) is 18.1 Å². The van der Waals surface area contributed by atoms with Crippen LogP contribution in [0.2, 0.25) is 0 Å². The first-order valence-electron chi connectivity index (χ1n) is 9.02. The second kappa shape index (κ2) is 10.4. The van der Waals surface area contributed by atoms with Crippen molar-refractivity contribution in [3.05, 3.63) is 29.8 Å². The van der Waals surface area contributed by atoms with Crippen molar-refractivity contribution < 1.29 is 4.74 Å². The number of nitrogens with zero attached hydrogens (tertiary/aromatic N) is 2. The van der Waals surface area contributed by atoms with Gasteiger partial charge < -0.3 is 19.9 Å². The van der Waals surface area contributed by atoms with Crippen molar-refractivity contribution in [3.63, 3.8) is 0 Å². The van der Waals surface area contributed by atoms with Gasteiger partial charge in [-0.05, 0) is 25.1 Å². The van der Waals surface area contributed by atoms with Crippen LogP contribution in [0.4, 0.5) is 0 Å². The Balaban J connectivity index is 1.69. The number of hydrogen-bond donors (Lipinski definition) is 1. The van der Waals surface area contributed by atoms with E-state index in [-0.39, 0.29) is 0 Å². The summed E-state index contributed by atoms with van der Waals surface area (Å²) in [6, 6.07) is 8.09. The first kappa shape index (κ1) is 18.8. The van der Waals surface area contributed by atoms with Crippen LogP contribution in [-0.4, -0.2) is 62.2 Å². The molecule has 0 radical (unpaired) electrons. The maximum Gasteiger partial charge on any atom is 0.148 e.